The smallest absolute Gasteiger partial charge is 0.244 e. The Balaban J connectivity index is 1.77. The summed E-state index contributed by atoms with van der Waals surface area (Å²) in [5.41, 5.74) is 2.09. The third kappa shape index (κ3) is 5.26. The van der Waals surface area contributed by atoms with Gasteiger partial charge in [0.05, 0.1) is 7.11 Å². The summed E-state index contributed by atoms with van der Waals surface area (Å²) in [6, 6.07) is 15.1. The normalized spacial score (nSPS) is 10.6. The molecule has 0 bridgehead atoms. The number of carbonyl (C=O) groups is 1. The van der Waals surface area contributed by atoms with Crippen LogP contribution in [0.3, 0.4) is 0 Å². The van der Waals surface area contributed by atoms with E-state index < -0.39 is 0 Å². The summed E-state index contributed by atoms with van der Waals surface area (Å²) in [4.78, 5) is 11.7. The number of ether oxygens (including phenoxy) is 1. The minimum atomic E-state index is -0.107. The molecule has 2 rings (SSSR count). The second-order valence-corrected chi connectivity index (χ2v) is 5.21. The molecule has 0 aromatic heterocycles. The first-order chi connectivity index (χ1) is 10.7. The van der Waals surface area contributed by atoms with E-state index in [4.69, 9.17) is 16.3 Å². The van der Waals surface area contributed by atoms with E-state index in [1.54, 1.807) is 13.2 Å². The van der Waals surface area contributed by atoms with Crippen molar-refractivity contribution in [1.29, 1.82) is 0 Å². The van der Waals surface area contributed by atoms with E-state index in [0.29, 0.717) is 6.54 Å². The van der Waals surface area contributed by atoms with Gasteiger partial charge in [0.2, 0.25) is 5.91 Å². The largest absolute Gasteiger partial charge is 0.497 e. The van der Waals surface area contributed by atoms with Gasteiger partial charge in [0, 0.05) is 17.6 Å². The van der Waals surface area contributed by atoms with E-state index in [-0.39, 0.29) is 5.91 Å². The van der Waals surface area contributed by atoms with Gasteiger partial charge in [0.25, 0.3) is 0 Å². The average Bonchev–Trinajstić information content (AvgIpc) is 2.55. The van der Waals surface area contributed by atoms with E-state index >= 15 is 0 Å². The van der Waals surface area contributed by atoms with Crippen molar-refractivity contribution in [2.75, 3.05) is 13.7 Å². The maximum Gasteiger partial charge on any atom is 0.244 e. The van der Waals surface area contributed by atoms with Gasteiger partial charge in [0.1, 0.15) is 5.75 Å². The molecule has 0 saturated heterocycles. The van der Waals surface area contributed by atoms with Gasteiger partial charge in [-0.15, -0.1) is 0 Å². The van der Waals surface area contributed by atoms with Crippen LogP contribution in [0.1, 0.15) is 11.1 Å². The van der Waals surface area contributed by atoms with Gasteiger partial charge in [0.15, 0.2) is 0 Å². The molecule has 0 aliphatic rings. The van der Waals surface area contributed by atoms with Gasteiger partial charge < -0.3 is 10.1 Å². The molecule has 1 amide bonds. The molecule has 0 fully saturated rings. The number of halogens is 1. The van der Waals surface area contributed by atoms with Crippen LogP contribution in [0.5, 0.6) is 5.75 Å². The first-order valence-corrected chi connectivity index (χ1v) is 7.39. The Morgan fingerprint density at radius 2 is 1.82 bits per heavy atom. The summed E-state index contributed by atoms with van der Waals surface area (Å²) in [5, 5.41) is 3.57. The Hall–Kier alpha value is -2.26. The zero-order valence-corrected chi connectivity index (χ0v) is 13.1. The number of nitrogens with one attached hydrogen (secondary N) is 1. The molecular weight excluding hydrogens is 298 g/mol. The topological polar surface area (TPSA) is 38.3 Å². The molecular formula is C18H18ClNO2. The molecule has 0 aliphatic heterocycles. The molecule has 0 unspecified atom stereocenters. The second kappa shape index (κ2) is 8.25. The van der Waals surface area contributed by atoms with Crippen molar-refractivity contribution in [3.63, 3.8) is 0 Å². The molecule has 0 saturated carbocycles. The molecule has 2 aromatic rings. The molecule has 0 aliphatic carbocycles. The molecule has 0 radical (unpaired) electrons. The Bertz CT molecular complexity index is 633. The fourth-order valence-electron chi connectivity index (χ4n) is 1.93. The number of rotatable bonds is 6. The van der Waals surface area contributed by atoms with E-state index in [1.165, 1.54) is 6.08 Å². The van der Waals surface area contributed by atoms with Crippen LogP contribution in [0, 0.1) is 0 Å². The number of carbonyl (C=O) groups excluding carboxylic acids is 1. The molecule has 0 heterocycles. The highest BCUT2D eigenvalue weighted by atomic mass is 35.5. The molecule has 114 valence electrons. The van der Waals surface area contributed by atoms with Crippen LogP contribution in [0.15, 0.2) is 54.6 Å². The summed E-state index contributed by atoms with van der Waals surface area (Å²) >= 11 is 5.83. The van der Waals surface area contributed by atoms with Crippen molar-refractivity contribution in [3.05, 3.63) is 70.8 Å². The van der Waals surface area contributed by atoms with Gasteiger partial charge in [-0.3, -0.25) is 4.79 Å². The minimum Gasteiger partial charge on any atom is -0.497 e. The van der Waals surface area contributed by atoms with E-state index in [0.717, 1.165) is 28.3 Å². The summed E-state index contributed by atoms with van der Waals surface area (Å²) in [7, 11) is 1.62. The van der Waals surface area contributed by atoms with Crippen molar-refractivity contribution in [3.8, 4) is 5.75 Å². The molecule has 4 heteroatoms. The van der Waals surface area contributed by atoms with Crippen LogP contribution in [0.25, 0.3) is 6.08 Å². The van der Waals surface area contributed by atoms with Gasteiger partial charge in [-0.1, -0.05) is 35.9 Å². The predicted octanol–water partition coefficient (Wildman–Crippen LogP) is 3.72. The molecule has 0 atom stereocenters. The molecule has 3 nitrogen and oxygen atoms in total. The van der Waals surface area contributed by atoms with Crippen LogP contribution >= 0.6 is 11.6 Å². The second-order valence-electron chi connectivity index (χ2n) is 4.77. The predicted molar refractivity (Wildman–Crippen MR) is 90.2 cm³/mol. The first kappa shape index (κ1) is 16.1. The zero-order valence-electron chi connectivity index (χ0n) is 12.4. The lowest BCUT2D eigenvalue weighted by Gasteiger charge is -2.03. The third-order valence-electron chi connectivity index (χ3n) is 3.17. The molecule has 1 N–H and O–H groups in total. The highest BCUT2D eigenvalue weighted by molar-refractivity contribution is 6.30. The van der Waals surface area contributed by atoms with Crippen molar-refractivity contribution in [2.24, 2.45) is 0 Å². The lowest BCUT2D eigenvalue weighted by Crippen LogP contribution is -2.23. The number of amides is 1. The Labute approximate surface area is 135 Å². The molecule has 22 heavy (non-hydrogen) atoms. The number of methoxy groups -OCH3 is 1. The maximum absolute atomic E-state index is 11.7. The van der Waals surface area contributed by atoms with E-state index in [1.807, 2.05) is 48.5 Å². The van der Waals surface area contributed by atoms with Crippen LogP contribution < -0.4 is 10.1 Å². The van der Waals surface area contributed by atoms with Crippen LogP contribution in [-0.4, -0.2) is 19.6 Å². The quantitative estimate of drug-likeness (QED) is 0.825. The fourth-order valence-corrected chi connectivity index (χ4v) is 2.05. The molecule has 2 aromatic carbocycles. The van der Waals surface area contributed by atoms with E-state index in [9.17, 15) is 4.79 Å². The summed E-state index contributed by atoms with van der Waals surface area (Å²) in [5.74, 6) is 0.689. The van der Waals surface area contributed by atoms with Crippen molar-refractivity contribution >= 4 is 23.6 Å². The zero-order chi connectivity index (χ0) is 15.8. The van der Waals surface area contributed by atoms with Gasteiger partial charge in [-0.05, 0) is 47.9 Å². The Kier molecular flexibility index (Phi) is 6.04. The van der Waals surface area contributed by atoms with Crippen molar-refractivity contribution in [2.45, 2.75) is 6.42 Å². The first-order valence-electron chi connectivity index (χ1n) is 7.02. The Morgan fingerprint density at radius 1 is 1.14 bits per heavy atom. The van der Waals surface area contributed by atoms with Gasteiger partial charge in [-0.25, -0.2) is 0 Å². The number of benzene rings is 2. The number of hydrogen-bond acceptors (Lipinski definition) is 2. The van der Waals surface area contributed by atoms with Crippen molar-refractivity contribution < 1.29 is 9.53 Å². The van der Waals surface area contributed by atoms with Crippen LogP contribution in [0.2, 0.25) is 5.02 Å². The number of hydrogen-bond donors (Lipinski definition) is 1. The average molecular weight is 316 g/mol. The minimum absolute atomic E-state index is 0.107. The third-order valence-corrected chi connectivity index (χ3v) is 3.42. The highest BCUT2D eigenvalue weighted by Gasteiger charge is 1.97. The van der Waals surface area contributed by atoms with E-state index in [2.05, 4.69) is 5.32 Å². The summed E-state index contributed by atoms with van der Waals surface area (Å²) in [6.45, 7) is 0.591. The molecule has 0 spiro atoms. The Morgan fingerprint density at radius 3 is 2.45 bits per heavy atom. The SMILES string of the molecule is COc1ccc(/C=C/C(=O)NCCc2ccc(Cl)cc2)cc1. The lowest BCUT2D eigenvalue weighted by molar-refractivity contribution is -0.116. The van der Waals surface area contributed by atoms with Gasteiger partial charge in [-0.2, -0.15) is 0 Å². The highest BCUT2D eigenvalue weighted by Crippen LogP contribution is 2.12. The van der Waals surface area contributed by atoms with Crippen molar-refractivity contribution in [1.82, 2.24) is 5.32 Å². The maximum atomic E-state index is 11.7. The van der Waals surface area contributed by atoms with Crippen LogP contribution in [-0.2, 0) is 11.2 Å². The standard InChI is InChI=1S/C18H18ClNO2/c1-22-17-9-4-14(5-10-17)6-11-18(21)20-13-12-15-2-7-16(19)8-3-15/h2-11H,12-13H2,1H3,(H,20,21)/b11-6+. The monoisotopic (exact) mass is 315 g/mol. The van der Waals surface area contributed by atoms with Gasteiger partial charge >= 0.3 is 0 Å². The summed E-state index contributed by atoms with van der Waals surface area (Å²) < 4.78 is 5.09. The summed E-state index contributed by atoms with van der Waals surface area (Å²) in [6.07, 6.45) is 4.08. The fraction of sp³-hybridized carbons (Fsp3) is 0.167. The lowest BCUT2D eigenvalue weighted by atomic mass is 10.1. The van der Waals surface area contributed by atoms with Crippen LogP contribution in [0.4, 0.5) is 0 Å².